The standard InChI is InChI=1S/C11H18O/c1-5-6-7-11(10(4)12)8-9(2)3/h1,9,11H,6-8H2,2-4H3. The molecule has 0 saturated heterocycles. The number of terminal acetylenes is 1. The lowest BCUT2D eigenvalue weighted by Gasteiger charge is -2.14. The number of hydrogen-bond acceptors (Lipinski definition) is 1. The molecule has 1 heteroatoms. The number of Topliss-reactive ketones (excluding diaryl/α,β-unsaturated/α-hetero) is 1. The van der Waals surface area contributed by atoms with Crippen LogP contribution in [0, 0.1) is 24.2 Å². The molecule has 12 heavy (non-hydrogen) atoms. The minimum absolute atomic E-state index is 0.182. The van der Waals surface area contributed by atoms with Crippen molar-refractivity contribution in [3.05, 3.63) is 0 Å². The molecule has 0 N–H and O–H groups in total. The third-order valence-corrected chi connectivity index (χ3v) is 1.97. The number of ketones is 1. The van der Waals surface area contributed by atoms with Gasteiger partial charge in [0.2, 0.25) is 0 Å². The predicted molar refractivity (Wildman–Crippen MR) is 51.7 cm³/mol. The minimum atomic E-state index is 0.182. The molecule has 0 aromatic heterocycles. The Kier molecular flexibility index (Phi) is 5.45. The number of carbonyl (C=O) groups excluding carboxylic acids is 1. The molecule has 0 aliphatic heterocycles. The zero-order valence-electron chi connectivity index (χ0n) is 8.26. The van der Waals surface area contributed by atoms with Crippen LogP contribution in [0.15, 0.2) is 0 Å². The summed E-state index contributed by atoms with van der Waals surface area (Å²) in [5.41, 5.74) is 0. The second-order valence-corrected chi connectivity index (χ2v) is 3.68. The maximum Gasteiger partial charge on any atom is 0.132 e. The van der Waals surface area contributed by atoms with Crippen LogP contribution in [0.25, 0.3) is 0 Å². The van der Waals surface area contributed by atoms with Gasteiger partial charge in [0, 0.05) is 12.3 Å². The Hall–Kier alpha value is -0.770. The van der Waals surface area contributed by atoms with Gasteiger partial charge in [-0.15, -0.1) is 12.3 Å². The Morgan fingerprint density at radius 2 is 2.08 bits per heavy atom. The van der Waals surface area contributed by atoms with Crippen LogP contribution in [0.4, 0.5) is 0 Å². The number of carbonyl (C=O) groups is 1. The van der Waals surface area contributed by atoms with Crippen LogP contribution in [0.1, 0.15) is 40.0 Å². The van der Waals surface area contributed by atoms with Crippen molar-refractivity contribution >= 4 is 5.78 Å². The molecule has 0 saturated carbocycles. The molecule has 0 aromatic rings. The summed E-state index contributed by atoms with van der Waals surface area (Å²) in [5.74, 6) is 3.61. The maximum absolute atomic E-state index is 11.1. The summed E-state index contributed by atoms with van der Waals surface area (Å²) in [7, 11) is 0. The molecular weight excluding hydrogens is 148 g/mol. The third kappa shape index (κ3) is 4.96. The van der Waals surface area contributed by atoms with Crippen molar-refractivity contribution in [3.63, 3.8) is 0 Å². The predicted octanol–water partition coefficient (Wildman–Crippen LogP) is 2.65. The second kappa shape index (κ2) is 5.83. The van der Waals surface area contributed by atoms with E-state index in [2.05, 4.69) is 19.8 Å². The van der Waals surface area contributed by atoms with Gasteiger partial charge in [-0.05, 0) is 25.7 Å². The Balaban J connectivity index is 3.89. The van der Waals surface area contributed by atoms with Crippen LogP contribution in [0.2, 0.25) is 0 Å². The average molecular weight is 166 g/mol. The molecule has 0 rings (SSSR count). The molecular formula is C11H18O. The Bertz CT molecular complexity index is 174. The molecule has 0 radical (unpaired) electrons. The van der Waals surface area contributed by atoms with Crippen molar-refractivity contribution in [1.82, 2.24) is 0 Å². The number of rotatable bonds is 5. The van der Waals surface area contributed by atoms with E-state index in [1.165, 1.54) is 0 Å². The van der Waals surface area contributed by atoms with Gasteiger partial charge in [0.25, 0.3) is 0 Å². The van der Waals surface area contributed by atoms with Crippen molar-refractivity contribution in [2.75, 3.05) is 0 Å². The van der Waals surface area contributed by atoms with Crippen molar-refractivity contribution in [2.24, 2.45) is 11.8 Å². The molecule has 0 fully saturated rings. The Morgan fingerprint density at radius 3 is 2.42 bits per heavy atom. The smallest absolute Gasteiger partial charge is 0.132 e. The molecule has 68 valence electrons. The average Bonchev–Trinajstić information content (AvgIpc) is 1.96. The Labute approximate surface area is 75.5 Å². The maximum atomic E-state index is 11.1. The first-order valence-corrected chi connectivity index (χ1v) is 4.51. The summed E-state index contributed by atoms with van der Waals surface area (Å²) >= 11 is 0. The minimum Gasteiger partial charge on any atom is -0.300 e. The first-order chi connectivity index (χ1) is 5.57. The normalized spacial score (nSPS) is 12.6. The molecule has 0 aliphatic carbocycles. The molecule has 0 aliphatic rings. The molecule has 1 atom stereocenters. The lowest BCUT2D eigenvalue weighted by molar-refractivity contribution is -0.121. The highest BCUT2D eigenvalue weighted by atomic mass is 16.1. The second-order valence-electron chi connectivity index (χ2n) is 3.68. The molecule has 0 bridgehead atoms. The van der Waals surface area contributed by atoms with E-state index in [9.17, 15) is 4.79 Å². The van der Waals surface area contributed by atoms with Gasteiger partial charge in [0.15, 0.2) is 0 Å². The van der Waals surface area contributed by atoms with E-state index >= 15 is 0 Å². The fraction of sp³-hybridized carbons (Fsp3) is 0.727. The summed E-state index contributed by atoms with van der Waals surface area (Å²) in [4.78, 5) is 11.1. The first kappa shape index (κ1) is 11.2. The van der Waals surface area contributed by atoms with Gasteiger partial charge in [-0.3, -0.25) is 4.79 Å². The summed E-state index contributed by atoms with van der Waals surface area (Å²) in [6, 6.07) is 0. The van der Waals surface area contributed by atoms with Crippen LogP contribution in [-0.4, -0.2) is 5.78 Å². The summed E-state index contributed by atoms with van der Waals surface area (Å²) in [5, 5.41) is 0. The largest absolute Gasteiger partial charge is 0.300 e. The molecule has 0 heterocycles. The highest BCUT2D eigenvalue weighted by Crippen LogP contribution is 2.17. The molecule has 0 spiro atoms. The van der Waals surface area contributed by atoms with E-state index in [0.717, 1.165) is 19.3 Å². The monoisotopic (exact) mass is 166 g/mol. The van der Waals surface area contributed by atoms with Gasteiger partial charge >= 0.3 is 0 Å². The van der Waals surface area contributed by atoms with Crippen molar-refractivity contribution in [1.29, 1.82) is 0 Å². The molecule has 0 amide bonds. The van der Waals surface area contributed by atoms with E-state index in [0.29, 0.717) is 5.92 Å². The fourth-order valence-electron chi connectivity index (χ4n) is 1.31. The van der Waals surface area contributed by atoms with Crippen molar-refractivity contribution in [2.45, 2.75) is 40.0 Å². The van der Waals surface area contributed by atoms with Gasteiger partial charge in [-0.2, -0.15) is 0 Å². The summed E-state index contributed by atoms with van der Waals surface area (Å²) in [6.45, 7) is 5.92. The van der Waals surface area contributed by atoms with Gasteiger partial charge < -0.3 is 0 Å². The fourth-order valence-corrected chi connectivity index (χ4v) is 1.31. The van der Waals surface area contributed by atoms with Gasteiger partial charge in [0.05, 0.1) is 0 Å². The molecule has 1 nitrogen and oxygen atoms in total. The highest BCUT2D eigenvalue weighted by molar-refractivity contribution is 5.78. The van der Waals surface area contributed by atoms with Crippen molar-refractivity contribution < 1.29 is 4.79 Å². The third-order valence-electron chi connectivity index (χ3n) is 1.97. The molecule has 0 aromatic carbocycles. The van der Waals surface area contributed by atoms with Crippen LogP contribution in [0.3, 0.4) is 0 Å². The van der Waals surface area contributed by atoms with Crippen LogP contribution in [-0.2, 0) is 4.79 Å². The lowest BCUT2D eigenvalue weighted by Crippen LogP contribution is -2.13. The first-order valence-electron chi connectivity index (χ1n) is 4.51. The quantitative estimate of drug-likeness (QED) is 0.574. The lowest BCUT2D eigenvalue weighted by atomic mass is 9.90. The van der Waals surface area contributed by atoms with Crippen LogP contribution >= 0.6 is 0 Å². The highest BCUT2D eigenvalue weighted by Gasteiger charge is 2.14. The van der Waals surface area contributed by atoms with E-state index in [1.807, 2.05) is 0 Å². The van der Waals surface area contributed by atoms with Crippen LogP contribution < -0.4 is 0 Å². The summed E-state index contributed by atoms with van der Waals surface area (Å²) in [6.07, 6.45) is 7.69. The van der Waals surface area contributed by atoms with E-state index < -0.39 is 0 Å². The van der Waals surface area contributed by atoms with E-state index in [-0.39, 0.29) is 11.7 Å². The van der Waals surface area contributed by atoms with Crippen LogP contribution in [0.5, 0.6) is 0 Å². The summed E-state index contributed by atoms with van der Waals surface area (Å²) < 4.78 is 0. The topological polar surface area (TPSA) is 17.1 Å². The van der Waals surface area contributed by atoms with Gasteiger partial charge in [-0.1, -0.05) is 13.8 Å². The van der Waals surface area contributed by atoms with E-state index in [4.69, 9.17) is 6.42 Å². The number of hydrogen-bond donors (Lipinski definition) is 0. The van der Waals surface area contributed by atoms with Gasteiger partial charge in [0.1, 0.15) is 5.78 Å². The Morgan fingerprint density at radius 1 is 1.50 bits per heavy atom. The zero-order valence-corrected chi connectivity index (χ0v) is 8.26. The SMILES string of the molecule is C#CCCC(CC(C)C)C(C)=O. The van der Waals surface area contributed by atoms with Crippen molar-refractivity contribution in [3.8, 4) is 12.3 Å². The molecule has 1 unspecified atom stereocenters. The zero-order chi connectivity index (χ0) is 9.56. The van der Waals surface area contributed by atoms with E-state index in [1.54, 1.807) is 6.92 Å². The van der Waals surface area contributed by atoms with Gasteiger partial charge in [-0.25, -0.2) is 0 Å².